The molecule has 0 bridgehead atoms. The summed E-state index contributed by atoms with van der Waals surface area (Å²) in [5.74, 6) is -0.445. The van der Waals surface area contributed by atoms with E-state index in [1.54, 1.807) is 11.6 Å². The van der Waals surface area contributed by atoms with E-state index in [0.717, 1.165) is 11.3 Å². The minimum absolute atomic E-state index is 0.425. The largest absolute Gasteiger partial charge is 0.338 e. The average Bonchev–Trinajstić information content (AvgIpc) is 3.16. The number of carbonyl (C=O) groups is 2. The van der Waals surface area contributed by atoms with Gasteiger partial charge in [-0.3, -0.25) is 10.1 Å². The SMILES string of the molecule is CCNC(=O)NC(=O)[C@@H](Sc1nnnn1-c1ccccc1)c1ccccc1. The van der Waals surface area contributed by atoms with Crippen LogP contribution in [0.25, 0.3) is 5.69 Å². The fourth-order valence-corrected chi connectivity index (χ4v) is 3.37. The molecule has 2 aromatic carbocycles. The van der Waals surface area contributed by atoms with Gasteiger partial charge in [0.25, 0.3) is 0 Å². The van der Waals surface area contributed by atoms with Crippen molar-refractivity contribution < 1.29 is 9.59 Å². The van der Waals surface area contributed by atoms with Crippen molar-refractivity contribution in [1.82, 2.24) is 30.8 Å². The Bertz CT molecular complexity index is 900. The Morgan fingerprint density at radius 2 is 1.74 bits per heavy atom. The predicted molar refractivity (Wildman–Crippen MR) is 101 cm³/mol. The Morgan fingerprint density at radius 1 is 1.07 bits per heavy atom. The summed E-state index contributed by atoms with van der Waals surface area (Å²) < 4.78 is 1.56. The van der Waals surface area contributed by atoms with E-state index in [0.29, 0.717) is 11.7 Å². The van der Waals surface area contributed by atoms with Gasteiger partial charge in [-0.15, -0.1) is 5.10 Å². The van der Waals surface area contributed by atoms with Crippen molar-refractivity contribution in [2.45, 2.75) is 17.3 Å². The van der Waals surface area contributed by atoms with Crippen LogP contribution in [-0.4, -0.2) is 38.7 Å². The number of amides is 3. The number of hydrogen-bond acceptors (Lipinski definition) is 6. The second kappa shape index (κ2) is 8.95. The predicted octanol–water partition coefficient (Wildman–Crippen LogP) is 2.34. The summed E-state index contributed by atoms with van der Waals surface area (Å²) in [6, 6.07) is 18.0. The van der Waals surface area contributed by atoms with Crippen molar-refractivity contribution in [3.63, 3.8) is 0 Å². The molecular formula is C18H18N6O2S. The molecule has 0 aliphatic rings. The van der Waals surface area contributed by atoms with Crippen molar-refractivity contribution in [2.75, 3.05) is 6.54 Å². The number of hydrogen-bond donors (Lipinski definition) is 2. The second-order valence-corrected chi connectivity index (χ2v) is 6.54. The molecule has 8 nitrogen and oxygen atoms in total. The topological polar surface area (TPSA) is 102 Å². The van der Waals surface area contributed by atoms with Gasteiger partial charge in [-0.1, -0.05) is 60.3 Å². The summed E-state index contributed by atoms with van der Waals surface area (Å²) in [5, 5.41) is 16.4. The third kappa shape index (κ3) is 4.70. The molecule has 9 heteroatoms. The maximum atomic E-state index is 12.7. The standard InChI is InChI=1S/C18H18N6O2S/c1-2-19-17(26)20-16(25)15(13-9-5-3-6-10-13)27-18-21-22-23-24(18)14-11-7-4-8-12-14/h3-12,15H,2H2,1H3,(H2,19,20,25,26)/t15-/m0/s1. The van der Waals surface area contributed by atoms with Crippen LogP contribution in [0.3, 0.4) is 0 Å². The van der Waals surface area contributed by atoms with Gasteiger partial charge in [-0.05, 0) is 35.0 Å². The second-order valence-electron chi connectivity index (χ2n) is 5.47. The number of tetrazole rings is 1. The van der Waals surface area contributed by atoms with Crippen molar-refractivity contribution >= 4 is 23.7 Å². The number of benzene rings is 2. The van der Waals surface area contributed by atoms with Crippen molar-refractivity contribution in [3.05, 3.63) is 66.2 Å². The third-order valence-corrected chi connectivity index (χ3v) is 4.77. The Kier molecular flexibility index (Phi) is 6.16. The molecule has 0 aliphatic heterocycles. The quantitative estimate of drug-likeness (QED) is 0.635. The van der Waals surface area contributed by atoms with Crippen molar-refractivity contribution in [2.24, 2.45) is 0 Å². The lowest BCUT2D eigenvalue weighted by atomic mass is 10.1. The number of imide groups is 1. The van der Waals surface area contributed by atoms with Crippen LogP contribution < -0.4 is 10.6 Å². The summed E-state index contributed by atoms with van der Waals surface area (Å²) >= 11 is 1.17. The van der Waals surface area contributed by atoms with E-state index in [1.165, 1.54) is 11.8 Å². The van der Waals surface area contributed by atoms with Crippen LogP contribution in [0.5, 0.6) is 0 Å². The van der Waals surface area contributed by atoms with Gasteiger partial charge < -0.3 is 5.32 Å². The lowest BCUT2D eigenvalue weighted by Gasteiger charge is -2.16. The summed E-state index contributed by atoms with van der Waals surface area (Å²) in [6.45, 7) is 2.20. The van der Waals surface area contributed by atoms with E-state index in [9.17, 15) is 9.59 Å². The van der Waals surface area contributed by atoms with Crippen LogP contribution in [0.15, 0.2) is 65.8 Å². The fourth-order valence-electron chi connectivity index (χ4n) is 2.37. The van der Waals surface area contributed by atoms with Crippen molar-refractivity contribution in [1.29, 1.82) is 0 Å². The summed E-state index contributed by atoms with van der Waals surface area (Å²) in [4.78, 5) is 24.5. The first-order valence-electron chi connectivity index (χ1n) is 8.33. The zero-order chi connectivity index (χ0) is 19.1. The molecular weight excluding hydrogens is 364 g/mol. The highest BCUT2D eigenvalue weighted by atomic mass is 32.2. The number of urea groups is 1. The monoisotopic (exact) mass is 382 g/mol. The summed E-state index contributed by atoms with van der Waals surface area (Å²) in [5.41, 5.74) is 1.52. The van der Waals surface area contributed by atoms with Crippen molar-refractivity contribution in [3.8, 4) is 5.69 Å². The molecule has 2 N–H and O–H groups in total. The van der Waals surface area contributed by atoms with Crippen LogP contribution in [0, 0.1) is 0 Å². The highest BCUT2D eigenvalue weighted by molar-refractivity contribution is 8.00. The van der Waals surface area contributed by atoms with Crippen LogP contribution in [0.4, 0.5) is 4.79 Å². The van der Waals surface area contributed by atoms with Gasteiger partial charge in [-0.25, -0.2) is 4.79 Å². The first-order valence-corrected chi connectivity index (χ1v) is 9.21. The normalized spacial score (nSPS) is 11.6. The molecule has 0 unspecified atom stereocenters. The molecule has 1 heterocycles. The number of rotatable bonds is 6. The van der Waals surface area contributed by atoms with E-state index in [2.05, 4.69) is 26.2 Å². The molecule has 0 saturated heterocycles. The zero-order valence-electron chi connectivity index (χ0n) is 14.6. The molecule has 0 spiro atoms. The van der Waals surface area contributed by atoms with E-state index >= 15 is 0 Å². The van der Waals surface area contributed by atoms with E-state index in [4.69, 9.17) is 0 Å². The number of carbonyl (C=O) groups excluding carboxylic acids is 2. The third-order valence-electron chi connectivity index (χ3n) is 3.58. The van der Waals surface area contributed by atoms with E-state index in [1.807, 2.05) is 60.7 Å². The number of thioether (sulfide) groups is 1. The number of nitrogens with zero attached hydrogens (tertiary/aromatic N) is 4. The number of nitrogens with one attached hydrogen (secondary N) is 2. The number of para-hydroxylation sites is 1. The Labute approximate surface area is 160 Å². The van der Waals surface area contributed by atoms with Gasteiger partial charge >= 0.3 is 6.03 Å². The Balaban J connectivity index is 1.88. The molecule has 138 valence electrons. The van der Waals surface area contributed by atoms with Crippen LogP contribution in [-0.2, 0) is 4.79 Å². The maximum Gasteiger partial charge on any atom is 0.321 e. The van der Waals surface area contributed by atoms with Crippen LogP contribution in [0.2, 0.25) is 0 Å². The molecule has 27 heavy (non-hydrogen) atoms. The molecule has 3 rings (SSSR count). The zero-order valence-corrected chi connectivity index (χ0v) is 15.4. The maximum absolute atomic E-state index is 12.7. The first kappa shape index (κ1) is 18.6. The minimum atomic E-state index is -0.692. The van der Waals surface area contributed by atoms with Gasteiger partial charge in [0.05, 0.1) is 5.69 Å². The molecule has 0 saturated carbocycles. The molecule has 3 aromatic rings. The lowest BCUT2D eigenvalue weighted by Crippen LogP contribution is -2.41. The van der Waals surface area contributed by atoms with Gasteiger partial charge in [-0.2, -0.15) is 4.68 Å². The fraction of sp³-hybridized carbons (Fsp3) is 0.167. The Morgan fingerprint density at radius 3 is 2.41 bits per heavy atom. The smallest absolute Gasteiger partial charge is 0.321 e. The number of aromatic nitrogens is 4. The van der Waals surface area contributed by atoms with Crippen LogP contribution >= 0.6 is 11.8 Å². The first-order chi connectivity index (χ1) is 13.2. The average molecular weight is 382 g/mol. The molecule has 0 fully saturated rings. The molecule has 0 aliphatic carbocycles. The van der Waals surface area contributed by atoms with Gasteiger partial charge in [0.2, 0.25) is 11.1 Å². The highest BCUT2D eigenvalue weighted by Gasteiger charge is 2.26. The molecule has 0 radical (unpaired) electrons. The highest BCUT2D eigenvalue weighted by Crippen LogP contribution is 2.34. The summed E-state index contributed by atoms with van der Waals surface area (Å²) in [7, 11) is 0. The summed E-state index contributed by atoms with van der Waals surface area (Å²) in [6.07, 6.45) is 0. The van der Waals surface area contributed by atoms with E-state index in [-0.39, 0.29) is 0 Å². The lowest BCUT2D eigenvalue weighted by molar-refractivity contribution is -0.119. The molecule has 1 aromatic heterocycles. The van der Waals surface area contributed by atoms with Crippen LogP contribution in [0.1, 0.15) is 17.7 Å². The molecule has 3 amide bonds. The van der Waals surface area contributed by atoms with E-state index < -0.39 is 17.2 Å². The van der Waals surface area contributed by atoms with Gasteiger partial charge in [0, 0.05) is 6.54 Å². The van der Waals surface area contributed by atoms with Gasteiger partial charge in [0.1, 0.15) is 5.25 Å². The Hall–Kier alpha value is -3.20. The van der Waals surface area contributed by atoms with Gasteiger partial charge in [0.15, 0.2) is 0 Å². The molecule has 1 atom stereocenters. The minimum Gasteiger partial charge on any atom is -0.338 e.